The van der Waals surface area contributed by atoms with Crippen LogP contribution in [0.5, 0.6) is 40.2 Å². The van der Waals surface area contributed by atoms with E-state index >= 15 is 0 Å². The molecule has 2 atom stereocenters. The first kappa shape index (κ1) is 31.3. The Kier molecular flexibility index (Phi) is 10.0. The maximum Gasteiger partial charge on any atom is 0.312 e. The quantitative estimate of drug-likeness (QED) is 0.177. The fourth-order valence-corrected chi connectivity index (χ4v) is 6.57. The van der Waals surface area contributed by atoms with Gasteiger partial charge in [0.25, 0.3) is 0 Å². The lowest BCUT2D eigenvalue weighted by Crippen LogP contribution is -2.31. The molecule has 0 radical (unpaired) electrons. The van der Waals surface area contributed by atoms with Crippen LogP contribution in [-0.4, -0.2) is 73.2 Å². The molecule has 2 aliphatic heterocycles. The second-order valence-corrected chi connectivity index (χ2v) is 11.1. The van der Waals surface area contributed by atoms with Crippen LogP contribution in [-0.2, 0) is 4.79 Å². The van der Waals surface area contributed by atoms with E-state index in [2.05, 4.69) is 4.90 Å². The Morgan fingerprint density at radius 3 is 1.98 bits per heavy atom. The van der Waals surface area contributed by atoms with Gasteiger partial charge in [0.2, 0.25) is 5.75 Å². The molecular weight excluding hydrogens is 562 g/mol. The smallest absolute Gasteiger partial charge is 0.312 e. The summed E-state index contributed by atoms with van der Waals surface area (Å²) in [7, 11) is 9.71. The highest BCUT2D eigenvalue weighted by Gasteiger charge is 2.38. The SMILES string of the molecule is COc1ccc([C@H]2CC(=O)Oc3c([C@H](CCN4CCCCC4)c4cc(OC)c(OC)c(OC)c4)c(OC)cc(OC)c32)cc1. The molecule has 5 rings (SSSR count). The summed E-state index contributed by atoms with van der Waals surface area (Å²) in [6.07, 6.45) is 4.58. The molecule has 9 nitrogen and oxygen atoms in total. The highest BCUT2D eigenvalue weighted by atomic mass is 16.5. The Hall–Kier alpha value is -4.11. The number of benzene rings is 3. The monoisotopic (exact) mass is 605 g/mol. The molecule has 3 aromatic rings. The first-order valence-corrected chi connectivity index (χ1v) is 15.1. The summed E-state index contributed by atoms with van der Waals surface area (Å²) < 4.78 is 40.7. The normalized spacial score (nSPS) is 17.2. The summed E-state index contributed by atoms with van der Waals surface area (Å²) >= 11 is 0. The van der Waals surface area contributed by atoms with E-state index in [1.165, 1.54) is 19.3 Å². The Labute approximate surface area is 259 Å². The molecule has 0 amide bonds. The number of piperidine rings is 1. The second kappa shape index (κ2) is 14.1. The lowest BCUT2D eigenvalue weighted by Gasteiger charge is -2.33. The minimum Gasteiger partial charge on any atom is -0.497 e. The van der Waals surface area contributed by atoms with Crippen LogP contribution in [0.15, 0.2) is 42.5 Å². The molecule has 0 bridgehead atoms. The molecular formula is C35H43NO8. The molecule has 0 aromatic heterocycles. The van der Waals surface area contributed by atoms with Crippen molar-refractivity contribution >= 4 is 5.97 Å². The maximum atomic E-state index is 13.3. The van der Waals surface area contributed by atoms with E-state index in [-0.39, 0.29) is 24.2 Å². The van der Waals surface area contributed by atoms with Crippen LogP contribution < -0.4 is 33.2 Å². The van der Waals surface area contributed by atoms with Gasteiger partial charge in [-0.05, 0) is 74.3 Å². The number of esters is 1. The fourth-order valence-electron chi connectivity index (χ4n) is 6.57. The lowest BCUT2D eigenvalue weighted by molar-refractivity contribution is -0.135. The Morgan fingerprint density at radius 1 is 0.773 bits per heavy atom. The van der Waals surface area contributed by atoms with Crippen molar-refractivity contribution in [3.8, 4) is 40.2 Å². The largest absolute Gasteiger partial charge is 0.497 e. The Bertz CT molecular complexity index is 1420. The third-order valence-electron chi connectivity index (χ3n) is 8.80. The molecule has 0 spiro atoms. The van der Waals surface area contributed by atoms with E-state index in [9.17, 15) is 4.79 Å². The predicted octanol–water partition coefficient (Wildman–Crippen LogP) is 6.19. The van der Waals surface area contributed by atoms with Crippen LogP contribution in [0.4, 0.5) is 0 Å². The zero-order chi connectivity index (χ0) is 31.2. The lowest BCUT2D eigenvalue weighted by atomic mass is 9.80. The van der Waals surface area contributed by atoms with Crippen LogP contribution in [0.3, 0.4) is 0 Å². The van der Waals surface area contributed by atoms with Crippen molar-refractivity contribution in [3.05, 3.63) is 64.7 Å². The van der Waals surface area contributed by atoms with Gasteiger partial charge in [0.1, 0.15) is 23.0 Å². The van der Waals surface area contributed by atoms with Gasteiger partial charge in [-0.15, -0.1) is 0 Å². The van der Waals surface area contributed by atoms with Gasteiger partial charge in [-0.1, -0.05) is 18.6 Å². The molecule has 0 saturated carbocycles. The molecule has 3 aromatic carbocycles. The highest BCUT2D eigenvalue weighted by Crippen LogP contribution is 2.54. The first-order valence-electron chi connectivity index (χ1n) is 15.1. The van der Waals surface area contributed by atoms with Crippen molar-refractivity contribution < 1.29 is 38.0 Å². The number of methoxy groups -OCH3 is 6. The molecule has 1 saturated heterocycles. The number of nitrogens with zero attached hydrogens (tertiary/aromatic N) is 1. The van der Waals surface area contributed by atoms with E-state index < -0.39 is 0 Å². The van der Waals surface area contributed by atoms with Crippen molar-refractivity contribution in [3.63, 3.8) is 0 Å². The van der Waals surface area contributed by atoms with Gasteiger partial charge in [-0.3, -0.25) is 4.79 Å². The summed E-state index contributed by atoms with van der Waals surface area (Å²) in [4.78, 5) is 15.8. The first-order chi connectivity index (χ1) is 21.5. The molecule has 9 heteroatoms. The number of carbonyl (C=O) groups excluding carboxylic acids is 1. The van der Waals surface area contributed by atoms with Gasteiger partial charge in [0, 0.05) is 29.0 Å². The van der Waals surface area contributed by atoms with Crippen molar-refractivity contribution in [2.75, 3.05) is 62.3 Å². The average molecular weight is 606 g/mol. The molecule has 44 heavy (non-hydrogen) atoms. The summed E-state index contributed by atoms with van der Waals surface area (Å²) in [5, 5.41) is 0. The molecule has 2 heterocycles. The summed E-state index contributed by atoms with van der Waals surface area (Å²) in [5.41, 5.74) is 3.52. The number of hydrogen-bond acceptors (Lipinski definition) is 9. The summed E-state index contributed by atoms with van der Waals surface area (Å²) in [5.74, 6) is 3.22. The van der Waals surface area contributed by atoms with Crippen LogP contribution in [0.25, 0.3) is 0 Å². The van der Waals surface area contributed by atoms with Gasteiger partial charge < -0.3 is 38.1 Å². The van der Waals surface area contributed by atoms with E-state index in [1.807, 2.05) is 42.5 Å². The van der Waals surface area contributed by atoms with Crippen LogP contribution in [0.1, 0.15) is 66.2 Å². The topological polar surface area (TPSA) is 84.9 Å². The number of hydrogen-bond donors (Lipinski definition) is 0. The van der Waals surface area contributed by atoms with Crippen LogP contribution >= 0.6 is 0 Å². The summed E-state index contributed by atoms with van der Waals surface area (Å²) in [6, 6.07) is 13.7. The zero-order valence-corrected chi connectivity index (χ0v) is 26.6. The number of likely N-dealkylation sites (tertiary alicyclic amines) is 1. The molecule has 1 fully saturated rings. The van der Waals surface area contributed by atoms with Crippen molar-refractivity contribution in [2.24, 2.45) is 0 Å². The molecule has 236 valence electrons. The van der Waals surface area contributed by atoms with Crippen molar-refractivity contribution in [2.45, 2.75) is 43.9 Å². The number of carbonyl (C=O) groups is 1. The van der Waals surface area contributed by atoms with E-state index in [0.29, 0.717) is 34.5 Å². The van der Waals surface area contributed by atoms with Gasteiger partial charge in [0.15, 0.2) is 11.5 Å². The fraction of sp³-hybridized carbons (Fsp3) is 0.457. The molecule has 0 N–H and O–H groups in total. The van der Waals surface area contributed by atoms with Gasteiger partial charge in [-0.2, -0.15) is 0 Å². The van der Waals surface area contributed by atoms with Crippen molar-refractivity contribution in [1.29, 1.82) is 0 Å². The van der Waals surface area contributed by atoms with Gasteiger partial charge in [0.05, 0.1) is 49.1 Å². The van der Waals surface area contributed by atoms with E-state index in [4.69, 9.17) is 33.2 Å². The zero-order valence-electron chi connectivity index (χ0n) is 26.6. The molecule has 0 aliphatic carbocycles. The van der Waals surface area contributed by atoms with E-state index in [1.54, 1.807) is 42.7 Å². The number of ether oxygens (including phenoxy) is 7. The highest BCUT2D eigenvalue weighted by molar-refractivity contribution is 5.81. The van der Waals surface area contributed by atoms with Crippen LogP contribution in [0.2, 0.25) is 0 Å². The second-order valence-electron chi connectivity index (χ2n) is 11.1. The van der Waals surface area contributed by atoms with Crippen LogP contribution in [0, 0.1) is 0 Å². The average Bonchev–Trinajstić information content (AvgIpc) is 3.07. The Balaban J connectivity index is 1.72. The predicted molar refractivity (Wildman–Crippen MR) is 167 cm³/mol. The minimum atomic E-state index is -0.311. The molecule has 0 unspecified atom stereocenters. The Morgan fingerprint density at radius 2 is 1.41 bits per heavy atom. The van der Waals surface area contributed by atoms with Crippen molar-refractivity contribution in [1.82, 2.24) is 4.90 Å². The third kappa shape index (κ3) is 6.24. The summed E-state index contributed by atoms with van der Waals surface area (Å²) in [6.45, 7) is 2.99. The maximum absolute atomic E-state index is 13.3. The van der Waals surface area contributed by atoms with Gasteiger partial charge in [-0.25, -0.2) is 0 Å². The van der Waals surface area contributed by atoms with Gasteiger partial charge >= 0.3 is 5.97 Å². The molecule has 2 aliphatic rings. The van der Waals surface area contributed by atoms with E-state index in [0.717, 1.165) is 54.1 Å². The minimum absolute atomic E-state index is 0.185. The number of fused-ring (bicyclic) bond motifs is 1. The number of rotatable bonds is 12. The standard InChI is InChI=1S/C35H43NO8/c1-38-24-12-10-22(11-13-24)26-20-31(37)44-35-32(27(39-2)21-28(40-3)33(26)35)25(14-17-36-15-8-7-9-16-36)23-18-29(41-4)34(43-6)30(19-23)42-5/h10-13,18-19,21,25-26H,7-9,14-17,20H2,1-6H3/t25-,26-/m1/s1. The third-order valence-corrected chi connectivity index (χ3v) is 8.80.